The van der Waals surface area contributed by atoms with E-state index in [4.69, 9.17) is 5.73 Å². The van der Waals surface area contributed by atoms with E-state index in [-0.39, 0.29) is 11.5 Å². The molecule has 0 amide bonds. The van der Waals surface area contributed by atoms with E-state index in [0.717, 1.165) is 17.8 Å². The maximum absolute atomic E-state index is 6.47. The Bertz CT molecular complexity index is 454. The highest BCUT2D eigenvalue weighted by Crippen LogP contribution is 2.50. The van der Waals surface area contributed by atoms with E-state index in [9.17, 15) is 0 Å². The van der Waals surface area contributed by atoms with Crippen LogP contribution in [0.5, 0.6) is 0 Å². The van der Waals surface area contributed by atoms with Crippen molar-refractivity contribution in [1.82, 2.24) is 0 Å². The highest BCUT2D eigenvalue weighted by atomic mass is 14.6. The molecule has 0 aliphatic heterocycles. The lowest BCUT2D eigenvalue weighted by Gasteiger charge is -2.25. The summed E-state index contributed by atoms with van der Waals surface area (Å²) >= 11 is 0. The number of nitrogens with two attached hydrogens (primary N) is 1. The van der Waals surface area contributed by atoms with E-state index >= 15 is 0 Å². The van der Waals surface area contributed by atoms with Crippen molar-refractivity contribution in [2.75, 3.05) is 0 Å². The van der Waals surface area contributed by atoms with E-state index in [0.29, 0.717) is 0 Å². The van der Waals surface area contributed by atoms with Gasteiger partial charge in [0.1, 0.15) is 0 Å². The molecule has 0 spiro atoms. The maximum atomic E-state index is 6.47. The summed E-state index contributed by atoms with van der Waals surface area (Å²) in [6, 6.07) is 9.25. The van der Waals surface area contributed by atoms with Crippen molar-refractivity contribution in [3.63, 3.8) is 0 Å². The van der Waals surface area contributed by atoms with E-state index < -0.39 is 0 Å². The van der Waals surface area contributed by atoms with Crippen molar-refractivity contribution < 1.29 is 0 Å². The Hall–Kier alpha value is -0.820. The third kappa shape index (κ3) is 2.79. The lowest BCUT2D eigenvalue weighted by atomic mass is 9.82. The maximum Gasteiger partial charge on any atom is 0.0297 e. The smallest absolute Gasteiger partial charge is 0.0297 e. The average molecular weight is 271 g/mol. The Morgan fingerprint density at radius 2 is 1.80 bits per heavy atom. The lowest BCUT2D eigenvalue weighted by molar-refractivity contribution is 0.296. The van der Waals surface area contributed by atoms with Crippen LogP contribution in [0.3, 0.4) is 0 Å². The number of fused-ring (bicyclic) bond motifs is 2. The molecule has 4 unspecified atom stereocenters. The van der Waals surface area contributed by atoms with Crippen molar-refractivity contribution in [2.45, 2.75) is 64.3 Å². The summed E-state index contributed by atoms with van der Waals surface area (Å²) in [5.74, 6) is 2.91. The summed E-state index contributed by atoms with van der Waals surface area (Å²) in [6.45, 7) is 6.78. The van der Waals surface area contributed by atoms with Gasteiger partial charge in [-0.05, 0) is 60.0 Å². The average Bonchev–Trinajstić information content (AvgIpc) is 3.00. The van der Waals surface area contributed by atoms with Crippen LogP contribution < -0.4 is 5.73 Å². The minimum atomic E-state index is 0.229. The second kappa shape index (κ2) is 5.18. The summed E-state index contributed by atoms with van der Waals surface area (Å²) in [7, 11) is 0. The lowest BCUT2D eigenvalue weighted by Crippen LogP contribution is -2.19. The highest BCUT2D eigenvalue weighted by molar-refractivity contribution is 5.29. The van der Waals surface area contributed by atoms with Crippen molar-refractivity contribution in [3.05, 3.63) is 35.4 Å². The van der Waals surface area contributed by atoms with Crippen LogP contribution in [-0.4, -0.2) is 0 Å². The fraction of sp³-hybridized carbons (Fsp3) is 0.684. The third-order valence-electron chi connectivity index (χ3n) is 5.65. The van der Waals surface area contributed by atoms with Gasteiger partial charge in [0.05, 0.1) is 0 Å². The molecule has 2 bridgehead atoms. The van der Waals surface area contributed by atoms with Crippen LogP contribution in [0.2, 0.25) is 0 Å². The first-order valence-corrected chi connectivity index (χ1v) is 8.29. The van der Waals surface area contributed by atoms with Gasteiger partial charge in [0.25, 0.3) is 0 Å². The fourth-order valence-electron chi connectivity index (χ4n) is 4.36. The number of hydrogen-bond donors (Lipinski definition) is 1. The Morgan fingerprint density at radius 3 is 2.30 bits per heavy atom. The molecule has 2 fully saturated rings. The second-order valence-corrected chi connectivity index (χ2v) is 8.15. The highest BCUT2D eigenvalue weighted by Gasteiger charge is 2.39. The SMILES string of the molecule is CC(C)(C)c1ccc(C(N)CC2CC3CCC2C3)cc1. The van der Waals surface area contributed by atoms with Crippen molar-refractivity contribution in [1.29, 1.82) is 0 Å². The van der Waals surface area contributed by atoms with Gasteiger partial charge >= 0.3 is 0 Å². The number of benzene rings is 1. The molecular weight excluding hydrogens is 242 g/mol. The molecule has 1 aromatic rings. The molecule has 4 atom stereocenters. The first-order valence-electron chi connectivity index (χ1n) is 8.29. The van der Waals surface area contributed by atoms with Gasteiger partial charge in [-0.3, -0.25) is 0 Å². The first-order chi connectivity index (χ1) is 9.43. The number of hydrogen-bond acceptors (Lipinski definition) is 1. The van der Waals surface area contributed by atoms with E-state index in [1.54, 1.807) is 0 Å². The zero-order valence-electron chi connectivity index (χ0n) is 13.2. The molecule has 0 radical (unpaired) electrons. The minimum absolute atomic E-state index is 0.229. The summed E-state index contributed by atoms with van der Waals surface area (Å²) in [5, 5.41) is 0. The summed E-state index contributed by atoms with van der Waals surface area (Å²) in [4.78, 5) is 0. The third-order valence-corrected chi connectivity index (χ3v) is 5.65. The molecular formula is C19H29N. The molecule has 2 aliphatic carbocycles. The predicted octanol–water partition coefficient (Wildman–Crippen LogP) is 4.81. The van der Waals surface area contributed by atoms with Gasteiger partial charge in [-0.25, -0.2) is 0 Å². The second-order valence-electron chi connectivity index (χ2n) is 8.15. The topological polar surface area (TPSA) is 26.0 Å². The standard InChI is InChI=1S/C19H29N/c1-19(2,3)17-8-6-14(7-9-17)18(20)12-16-11-13-4-5-15(16)10-13/h6-9,13,15-16,18H,4-5,10-12,20H2,1-3H3. The van der Waals surface area contributed by atoms with Crippen molar-refractivity contribution in [2.24, 2.45) is 23.5 Å². The summed E-state index contributed by atoms with van der Waals surface area (Å²) in [5.41, 5.74) is 9.41. The van der Waals surface area contributed by atoms with Gasteiger partial charge in [-0.2, -0.15) is 0 Å². The van der Waals surface area contributed by atoms with Gasteiger partial charge in [0, 0.05) is 6.04 Å². The van der Waals surface area contributed by atoms with Crippen molar-refractivity contribution in [3.8, 4) is 0 Å². The fourth-order valence-corrected chi connectivity index (χ4v) is 4.36. The van der Waals surface area contributed by atoms with E-state index in [1.807, 2.05) is 0 Å². The molecule has 2 N–H and O–H groups in total. The van der Waals surface area contributed by atoms with Gasteiger partial charge in [0.2, 0.25) is 0 Å². The van der Waals surface area contributed by atoms with Crippen LogP contribution in [0, 0.1) is 17.8 Å². The quantitative estimate of drug-likeness (QED) is 0.838. The Balaban J connectivity index is 1.64. The predicted molar refractivity (Wildman–Crippen MR) is 85.6 cm³/mol. The van der Waals surface area contributed by atoms with Crippen LogP contribution in [0.25, 0.3) is 0 Å². The Kier molecular flexibility index (Phi) is 3.66. The zero-order valence-corrected chi connectivity index (χ0v) is 13.2. The molecule has 1 heteroatoms. The van der Waals surface area contributed by atoms with Gasteiger partial charge < -0.3 is 5.73 Å². The van der Waals surface area contributed by atoms with Gasteiger partial charge in [-0.15, -0.1) is 0 Å². The summed E-state index contributed by atoms with van der Waals surface area (Å²) < 4.78 is 0. The van der Waals surface area contributed by atoms with Gasteiger partial charge in [-0.1, -0.05) is 51.5 Å². The molecule has 1 nitrogen and oxygen atoms in total. The van der Waals surface area contributed by atoms with Crippen LogP contribution in [0.15, 0.2) is 24.3 Å². The van der Waals surface area contributed by atoms with Gasteiger partial charge in [0.15, 0.2) is 0 Å². The van der Waals surface area contributed by atoms with Crippen LogP contribution in [0.4, 0.5) is 0 Å². The molecule has 3 rings (SSSR count). The molecule has 2 aliphatic rings. The largest absolute Gasteiger partial charge is 0.324 e. The number of rotatable bonds is 3. The molecule has 0 saturated heterocycles. The monoisotopic (exact) mass is 271 g/mol. The normalized spacial score (nSPS) is 30.7. The van der Waals surface area contributed by atoms with Crippen LogP contribution in [0.1, 0.15) is 70.0 Å². The molecule has 20 heavy (non-hydrogen) atoms. The van der Waals surface area contributed by atoms with Crippen molar-refractivity contribution >= 4 is 0 Å². The minimum Gasteiger partial charge on any atom is -0.324 e. The van der Waals surface area contributed by atoms with E-state index in [1.165, 1.54) is 43.2 Å². The van der Waals surface area contributed by atoms with Crippen LogP contribution >= 0.6 is 0 Å². The molecule has 0 aromatic heterocycles. The molecule has 110 valence electrons. The first kappa shape index (κ1) is 14.1. The Labute approximate surface area is 124 Å². The van der Waals surface area contributed by atoms with Crippen LogP contribution in [-0.2, 0) is 5.41 Å². The van der Waals surface area contributed by atoms with E-state index in [2.05, 4.69) is 45.0 Å². The zero-order chi connectivity index (χ0) is 14.3. The summed E-state index contributed by atoms with van der Waals surface area (Å²) in [6.07, 6.45) is 7.07. The molecule has 0 heterocycles. The Morgan fingerprint density at radius 1 is 1.10 bits per heavy atom. The molecule has 2 saturated carbocycles. The molecule has 1 aromatic carbocycles.